The number of hydrogen-bond donors (Lipinski definition) is 2. The molecular formula is C18H17F2NO2. The zero-order valence-corrected chi connectivity index (χ0v) is 12.4. The molecule has 3 rings (SSSR count). The van der Waals surface area contributed by atoms with Gasteiger partial charge >= 0.3 is 0 Å². The zero-order chi connectivity index (χ0) is 16.4. The molecule has 1 saturated carbocycles. The van der Waals surface area contributed by atoms with Gasteiger partial charge in [0.25, 0.3) is 0 Å². The summed E-state index contributed by atoms with van der Waals surface area (Å²) in [4.78, 5) is 12.4. The molecule has 0 saturated heterocycles. The van der Waals surface area contributed by atoms with Crippen molar-refractivity contribution >= 4 is 5.91 Å². The second kappa shape index (κ2) is 6.08. The topological polar surface area (TPSA) is 49.3 Å². The summed E-state index contributed by atoms with van der Waals surface area (Å²) in [7, 11) is 0. The summed E-state index contributed by atoms with van der Waals surface area (Å²) in [6.07, 6.45) is 0.409. The predicted molar refractivity (Wildman–Crippen MR) is 81.7 cm³/mol. The summed E-state index contributed by atoms with van der Waals surface area (Å²) in [6, 6.07) is 11.5. The molecule has 2 aromatic rings. The minimum absolute atomic E-state index is 0.0293. The Morgan fingerprint density at radius 2 is 1.83 bits per heavy atom. The smallest absolute Gasteiger partial charge is 0.230 e. The third-order valence-electron chi connectivity index (χ3n) is 4.27. The van der Waals surface area contributed by atoms with Crippen molar-refractivity contribution in [3.8, 4) is 0 Å². The summed E-state index contributed by atoms with van der Waals surface area (Å²) in [6.45, 7) is 0.0293. The van der Waals surface area contributed by atoms with Crippen LogP contribution in [0.2, 0.25) is 0 Å². The quantitative estimate of drug-likeness (QED) is 0.891. The van der Waals surface area contributed by atoms with Crippen LogP contribution in [-0.2, 0) is 10.2 Å². The molecule has 0 aliphatic heterocycles. The molecule has 1 fully saturated rings. The molecule has 1 unspecified atom stereocenters. The summed E-state index contributed by atoms with van der Waals surface area (Å²) in [5.74, 6) is -0.967. The first kappa shape index (κ1) is 15.6. The minimum atomic E-state index is -0.914. The van der Waals surface area contributed by atoms with Crippen molar-refractivity contribution < 1.29 is 18.7 Å². The van der Waals surface area contributed by atoms with E-state index in [-0.39, 0.29) is 24.1 Å². The molecule has 2 aromatic carbocycles. The van der Waals surface area contributed by atoms with Crippen molar-refractivity contribution in [2.24, 2.45) is 0 Å². The van der Waals surface area contributed by atoms with Gasteiger partial charge < -0.3 is 10.4 Å². The molecule has 0 aromatic heterocycles. The molecule has 0 bridgehead atoms. The van der Waals surface area contributed by atoms with Crippen LogP contribution in [0.5, 0.6) is 0 Å². The molecule has 120 valence electrons. The third-order valence-corrected chi connectivity index (χ3v) is 4.27. The van der Waals surface area contributed by atoms with Crippen molar-refractivity contribution in [1.29, 1.82) is 0 Å². The summed E-state index contributed by atoms with van der Waals surface area (Å²) >= 11 is 0. The molecule has 0 radical (unpaired) electrons. The molecule has 1 amide bonds. The van der Waals surface area contributed by atoms with Gasteiger partial charge in [-0.3, -0.25) is 4.79 Å². The minimum Gasteiger partial charge on any atom is -0.387 e. The maximum Gasteiger partial charge on any atom is 0.230 e. The number of hydrogen-bond acceptors (Lipinski definition) is 2. The van der Waals surface area contributed by atoms with E-state index in [4.69, 9.17) is 0 Å². The molecular weight excluding hydrogens is 300 g/mol. The lowest BCUT2D eigenvalue weighted by Crippen LogP contribution is -2.37. The van der Waals surface area contributed by atoms with Gasteiger partial charge in [-0.2, -0.15) is 0 Å². The summed E-state index contributed by atoms with van der Waals surface area (Å²) in [5.41, 5.74) is 0.499. The summed E-state index contributed by atoms with van der Waals surface area (Å²) in [5, 5.41) is 12.8. The Kier molecular flexibility index (Phi) is 4.13. The van der Waals surface area contributed by atoms with Crippen molar-refractivity contribution in [3.05, 3.63) is 71.3 Å². The highest BCUT2D eigenvalue weighted by atomic mass is 19.1. The van der Waals surface area contributed by atoms with Crippen LogP contribution in [0.1, 0.15) is 30.1 Å². The van der Waals surface area contributed by atoms with Gasteiger partial charge in [-0.1, -0.05) is 24.3 Å². The highest BCUT2D eigenvalue weighted by molar-refractivity contribution is 5.91. The first-order valence-electron chi connectivity index (χ1n) is 7.49. The van der Waals surface area contributed by atoms with Crippen LogP contribution in [0.4, 0.5) is 8.78 Å². The number of halogens is 2. The number of carbonyl (C=O) groups is 1. The van der Waals surface area contributed by atoms with Crippen LogP contribution in [0.3, 0.4) is 0 Å². The fraction of sp³-hybridized carbons (Fsp3) is 0.278. The predicted octanol–water partition coefficient (Wildman–Crippen LogP) is 2.85. The number of nitrogens with one attached hydrogen (secondary N) is 1. The first-order chi connectivity index (χ1) is 11.0. The number of aliphatic hydroxyl groups excluding tert-OH is 1. The third kappa shape index (κ3) is 3.24. The van der Waals surface area contributed by atoms with E-state index in [1.165, 1.54) is 36.4 Å². The lowest BCUT2D eigenvalue weighted by molar-refractivity contribution is -0.124. The van der Waals surface area contributed by atoms with E-state index in [0.29, 0.717) is 24.0 Å². The summed E-state index contributed by atoms with van der Waals surface area (Å²) < 4.78 is 26.2. The molecule has 0 spiro atoms. The molecule has 2 N–H and O–H groups in total. The Labute approximate surface area is 133 Å². The van der Waals surface area contributed by atoms with Gasteiger partial charge in [0.05, 0.1) is 11.5 Å². The monoisotopic (exact) mass is 317 g/mol. The fourth-order valence-electron chi connectivity index (χ4n) is 2.72. The van der Waals surface area contributed by atoms with Crippen LogP contribution in [0.25, 0.3) is 0 Å². The molecule has 0 heterocycles. The van der Waals surface area contributed by atoms with Gasteiger partial charge in [-0.25, -0.2) is 8.78 Å². The standard InChI is InChI=1S/C18H17F2NO2/c19-14-6-4-12(5-7-14)16(22)11-21-17(23)18(8-9-18)13-2-1-3-15(20)10-13/h1-7,10,16,22H,8-9,11H2,(H,21,23). The van der Waals surface area contributed by atoms with E-state index in [1.807, 2.05) is 0 Å². The zero-order valence-electron chi connectivity index (χ0n) is 12.4. The lowest BCUT2D eigenvalue weighted by atomic mass is 9.94. The van der Waals surface area contributed by atoms with Crippen LogP contribution in [0.15, 0.2) is 48.5 Å². The van der Waals surface area contributed by atoms with E-state index in [1.54, 1.807) is 12.1 Å². The molecule has 1 aliphatic rings. The Morgan fingerprint density at radius 1 is 1.13 bits per heavy atom. The van der Waals surface area contributed by atoms with Crippen LogP contribution >= 0.6 is 0 Å². The van der Waals surface area contributed by atoms with Crippen LogP contribution in [0, 0.1) is 11.6 Å². The Balaban J connectivity index is 1.64. The van der Waals surface area contributed by atoms with Crippen molar-refractivity contribution in [1.82, 2.24) is 5.32 Å². The van der Waals surface area contributed by atoms with E-state index in [9.17, 15) is 18.7 Å². The van der Waals surface area contributed by atoms with Gasteiger partial charge in [-0.15, -0.1) is 0 Å². The number of carbonyl (C=O) groups excluding carboxylic acids is 1. The average Bonchev–Trinajstić information content (AvgIpc) is 3.35. The van der Waals surface area contributed by atoms with E-state index < -0.39 is 11.5 Å². The number of rotatable bonds is 5. The largest absolute Gasteiger partial charge is 0.387 e. The molecule has 5 heteroatoms. The highest BCUT2D eigenvalue weighted by Crippen LogP contribution is 2.48. The maximum absolute atomic E-state index is 13.4. The normalized spacial score (nSPS) is 16.7. The molecule has 23 heavy (non-hydrogen) atoms. The Morgan fingerprint density at radius 3 is 2.43 bits per heavy atom. The Hall–Kier alpha value is -2.27. The second-order valence-electron chi connectivity index (χ2n) is 5.87. The van der Waals surface area contributed by atoms with Gasteiger partial charge in [0.1, 0.15) is 11.6 Å². The number of aliphatic hydroxyl groups is 1. The average molecular weight is 317 g/mol. The van der Waals surface area contributed by atoms with Crippen LogP contribution in [-0.4, -0.2) is 17.6 Å². The number of benzene rings is 2. The molecule has 1 aliphatic carbocycles. The molecule has 3 nitrogen and oxygen atoms in total. The first-order valence-corrected chi connectivity index (χ1v) is 7.49. The van der Waals surface area contributed by atoms with Crippen molar-refractivity contribution in [2.45, 2.75) is 24.4 Å². The maximum atomic E-state index is 13.4. The van der Waals surface area contributed by atoms with Gasteiger partial charge in [0.15, 0.2) is 0 Å². The van der Waals surface area contributed by atoms with E-state index in [0.717, 1.165) is 0 Å². The van der Waals surface area contributed by atoms with Crippen molar-refractivity contribution in [2.75, 3.05) is 6.54 Å². The number of amides is 1. The Bertz CT molecular complexity index is 711. The highest BCUT2D eigenvalue weighted by Gasteiger charge is 2.51. The fourth-order valence-corrected chi connectivity index (χ4v) is 2.72. The molecule has 1 atom stereocenters. The van der Waals surface area contributed by atoms with Gasteiger partial charge in [0.2, 0.25) is 5.91 Å². The van der Waals surface area contributed by atoms with E-state index in [2.05, 4.69) is 5.32 Å². The van der Waals surface area contributed by atoms with Gasteiger partial charge in [0, 0.05) is 6.54 Å². The SMILES string of the molecule is O=C(NCC(O)c1ccc(F)cc1)C1(c2cccc(F)c2)CC1. The van der Waals surface area contributed by atoms with Crippen LogP contribution < -0.4 is 5.32 Å². The second-order valence-corrected chi connectivity index (χ2v) is 5.87. The van der Waals surface area contributed by atoms with Crippen molar-refractivity contribution in [3.63, 3.8) is 0 Å². The lowest BCUT2D eigenvalue weighted by Gasteiger charge is -2.18. The van der Waals surface area contributed by atoms with E-state index >= 15 is 0 Å². The van der Waals surface area contributed by atoms with Gasteiger partial charge in [-0.05, 0) is 48.2 Å².